The molecule has 0 unspecified atom stereocenters. The zero-order valence-corrected chi connectivity index (χ0v) is 7.75. The van der Waals surface area contributed by atoms with Gasteiger partial charge < -0.3 is 0 Å². The molecule has 0 aromatic carbocycles. The average Bonchev–Trinajstić information content (AvgIpc) is 1.97. The fraction of sp³-hybridized carbons (Fsp3) is 0.778. The lowest BCUT2D eigenvalue weighted by Gasteiger charge is -1.96. The first-order valence-corrected chi connectivity index (χ1v) is 5.26. The quantitative estimate of drug-likeness (QED) is 0.404. The summed E-state index contributed by atoms with van der Waals surface area (Å²) in [6.45, 7) is 5.93. The van der Waals surface area contributed by atoms with Crippen LogP contribution < -0.4 is 0 Å². The van der Waals surface area contributed by atoms with E-state index in [-0.39, 0.29) is 0 Å². The van der Waals surface area contributed by atoms with Crippen LogP contribution in [-0.2, 0) is 0 Å². The molecule has 0 saturated carbocycles. The summed E-state index contributed by atoms with van der Waals surface area (Å²) in [6, 6.07) is 0. The summed E-state index contributed by atoms with van der Waals surface area (Å²) in [6.07, 6.45) is 7.19. The van der Waals surface area contributed by atoms with Gasteiger partial charge in [0.2, 0.25) is 0 Å². The predicted octanol–water partition coefficient (Wildman–Crippen LogP) is 3.49. The molecule has 0 saturated heterocycles. The largest absolute Gasteiger partial charge is 0.162 e. The van der Waals surface area contributed by atoms with Gasteiger partial charge in [-0.1, -0.05) is 19.4 Å². The molecule has 60 valence electrons. The Morgan fingerprint density at radius 3 is 2.60 bits per heavy atom. The van der Waals surface area contributed by atoms with Crippen LogP contribution in [0, 0.1) is 0 Å². The first kappa shape index (κ1) is 10.1. The van der Waals surface area contributed by atoms with Crippen molar-refractivity contribution < 1.29 is 0 Å². The van der Waals surface area contributed by atoms with Crippen molar-refractivity contribution in [2.24, 2.45) is 0 Å². The van der Waals surface area contributed by atoms with Gasteiger partial charge in [0.15, 0.2) is 0 Å². The van der Waals surface area contributed by atoms with Gasteiger partial charge >= 0.3 is 0 Å². The van der Waals surface area contributed by atoms with E-state index in [1.807, 2.05) is 6.08 Å². The molecular formula is C9H18S. The van der Waals surface area contributed by atoms with E-state index >= 15 is 0 Å². The molecule has 0 amide bonds. The Hall–Kier alpha value is 0.0900. The van der Waals surface area contributed by atoms with E-state index < -0.39 is 0 Å². The van der Waals surface area contributed by atoms with Gasteiger partial charge in [0.05, 0.1) is 0 Å². The molecule has 0 bridgehead atoms. The minimum atomic E-state index is 1.18. The Labute approximate surface area is 69.1 Å². The first-order chi connectivity index (χ1) is 4.91. The molecule has 0 radical (unpaired) electrons. The maximum atomic E-state index is 3.69. The monoisotopic (exact) mass is 158 g/mol. The summed E-state index contributed by atoms with van der Waals surface area (Å²) < 4.78 is 0. The fourth-order valence-electron chi connectivity index (χ4n) is 0.678. The summed E-state index contributed by atoms with van der Waals surface area (Å²) in [4.78, 5) is 0. The van der Waals surface area contributed by atoms with Crippen LogP contribution in [0.1, 0.15) is 32.6 Å². The van der Waals surface area contributed by atoms with Crippen molar-refractivity contribution in [3.05, 3.63) is 12.7 Å². The van der Waals surface area contributed by atoms with Crippen molar-refractivity contribution in [3.63, 3.8) is 0 Å². The lowest BCUT2D eigenvalue weighted by atomic mass is 10.3. The molecule has 0 aromatic heterocycles. The molecule has 0 atom stereocenters. The predicted molar refractivity (Wildman–Crippen MR) is 51.7 cm³/mol. The lowest BCUT2D eigenvalue weighted by molar-refractivity contribution is 0.892. The van der Waals surface area contributed by atoms with Gasteiger partial charge in [0, 0.05) is 0 Å². The number of hydrogen-bond acceptors (Lipinski definition) is 1. The van der Waals surface area contributed by atoms with Gasteiger partial charge in [-0.15, -0.1) is 6.58 Å². The van der Waals surface area contributed by atoms with Crippen LogP contribution in [-0.4, -0.2) is 11.5 Å². The zero-order chi connectivity index (χ0) is 7.66. The molecule has 0 heterocycles. The summed E-state index contributed by atoms with van der Waals surface area (Å²) in [5.41, 5.74) is 0. The SMILES string of the molecule is C=CCCCSCCCC. The van der Waals surface area contributed by atoms with Crippen LogP contribution in [0.2, 0.25) is 0 Å². The van der Waals surface area contributed by atoms with Crippen molar-refractivity contribution >= 4 is 11.8 Å². The summed E-state index contributed by atoms with van der Waals surface area (Å²) >= 11 is 2.07. The van der Waals surface area contributed by atoms with E-state index in [4.69, 9.17) is 0 Å². The minimum Gasteiger partial charge on any atom is -0.162 e. The van der Waals surface area contributed by atoms with Crippen LogP contribution in [0.4, 0.5) is 0 Å². The number of allylic oxidation sites excluding steroid dienone is 1. The van der Waals surface area contributed by atoms with E-state index in [9.17, 15) is 0 Å². The number of thioether (sulfide) groups is 1. The second kappa shape index (κ2) is 9.09. The molecule has 0 N–H and O–H groups in total. The normalized spacial score (nSPS) is 9.70. The molecule has 0 nitrogen and oxygen atoms in total. The van der Waals surface area contributed by atoms with Crippen LogP contribution in [0.25, 0.3) is 0 Å². The van der Waals surface area contributed by atoms with Crippen LogP contribution >= 0.6 is 11.8 Å². The Morgan fingerprint density at radius 1 is 1.30 bits per heavy atom. The third-order valence-corrected chi connectivity index (χ3v) is 2.49. The summed E-state index contributed by atoms with van der Waals surface area (Å²) in [5.74, 6) is 2.65. The van der Waals surface area contributed by atoms with E-state index in [2.05, 4.69) is 25.3 Å². The lowest BCUT2D eigenvalue weighted by Crippen LogP contribution is -1.81. The van der Waals surface area contributed by atoms with E-state index in [1.165, 1.54) is 37.2 Å². The van der Waals surface area contributed by atoms with Gasteiger partial charge in [-0.2, -0.15) is 11.8 Å². The molecule has 0 rings (SSSR count). The van der Waals surface area contributed by atoms with Gasteiger partial charge in [-0.3, -0.25) is 0 Å². The second-order valence-electron chi connectivity index (χ2n) is 2.40. The third-order valence-electron chi connectivity index (χ3n) is 1.34. The first-order valence-electron chi connectivity index (χ1n) is 4.10. The van der Waals surface area contributed by atoms with Gasteiger partial charge in [0.25, 0.3) is 0 Å². The van der Waals surface area contributed by atoms with Gasteiger partial charge in [-0.25, -0.2) is 0 Å². The Bertz CT molecular complexity index is 69.1. The maximum Gasteiger partial charge on any atom is -0.00646 e. The van der Waals surface area contributed by atoms with Crippen molar-refractivity contribution in [3.8, 4) is 0 Å². The standard InChI is InChI=1S/C9H18S/c1-3-5-7-9-10-8-6-4-2/h3H,1,4-9H2,2H3. The molecule has 0 aliphatic rings. The van der Waals surface area contributed by atoms with E-state index in [1.54, 1.807) is 0 Å². The third kappa shape index (κ3) is 8.09. The molecular weight excluding hydrogens is 140 g/mol. The Morgan fingerprint density at radius 2 is 2.00 bits per heavy atom. The summed E-state index contributed by atoms with van der Waals surface area (Å²) in [7, 11) is 0. The van der Waals surface area contributed by atoms with Crippen LogP contribution in [0.3, 0.4) is 0 Å². The minimum absolute atomic E-state index is 1.18. The van der Waals surface area contributed by atoms with Gasteiger partial charge in [-0.05, 0) is 30.8 Å². The molecule has 0 fully saturated rings. The second-order valence-corrected chi connectivity index (χ2v) is 3.62. The fourth-order valence-corrected chi connectivity index (χ4v) is 1.75. The number of unbranched alkanes of at least 4 members (excludes halogenated alkanes) is 2. The topological polar surface area (TPSA) is 0 Å². The van der Waals surface area contributed by atoms with Gasteiger partial charge in [0.1, 0.15) is 0 Å². The smallest absolute Gasteiger partial charge is 0.00646 e. The number of rotatable bonds is 7. The van der Waals surface area contributed by atoms with E-state index in [0.717, 1.165) is 0 Å². The molecule has 0 aromatic rings. The van der Waals surface area contributed by atoms with Crippen molar-refractivity contribution in [1.29, 1.82) is 0 Å². The highest BCUT2D eigenvalue weighted by molar-refractivity contribution is 7.99. The van der Waals surface area contributed by atoms with Crippen molar-refractivity contribution in [1.82, 2.24) is 0 Å². The summed E-state index contributed by atoms with van der Waals surface area (Å²) in [5, 5.41) is 0. The molecule has 0 aliphatic carbocycles. The van der Waals surface area contributed by atoms with Crippen molar-refractivity contribution in [2.45, 2.75) is 32.6 Å². The Kier molecular flexibility index (Phi) is 9.17. The average molecular weight is 158 g/mol. The van der Waals surface area contributed by atoms with Crippen LogP contribution in [0.5, 0.6) is 0 Å². The number of hydrogen-bond donors (Lipinski definition) is 0. The van der Waals surface area contributed by atoms with E-state index in [0.29, 0.717) is 0 Å². The highest BCUT2D eigenvalue weighted by Gasteiger charge is 1.86. The highest BCUT2D eigenvalue weighted by atomic mass is 32.2. The highest BCUT2D eigenvalue weighted by Crippen LogP contribution is 2.07. The maximum absolute atomic E-state index is 3.69. The molecule has 10 heavy (non-hydrogen) atoms. The molecule has 0 spiro atoms. The molecule has 1 heteroatoms. The Balaban J connectivity index is 2.70. The van der Waals surface area contributed by atoms with Crippen molar-refractivity contribution in [2.75, 3.05) is 11.5 Å². The van der Waals surface area contributed by atoms with Crippen LogP contribution in [0.15, 0.2) is 12.7 Å². The molecule has 0 aliphatic heterocycles. The zero-order valence-electron chi connectivity index (χ0n) is 6.94.